The molecule has 0 aliphatic heterocycles. The van der Waals surface area contributed by atoms with Gasteiger partial charge in [-0.1, -0.05) is 35.5 Å². The van der Waals surface area contributed by atoms with Gasteiger partial charge in [-0.05, 0) is 48.9 Å². The molecule has 0 fully saturated rings. The van der Waals surface area contributed by atoms with Gasteiger partial charge in [0, 0.05) is 15.6 Å². The molecular formula is C17H14ClFN4O2S. The summed E-state index contributed by atoms with van der Waals surface area (Å²) in [4.78, 5) is 10.8. The van der Waals surface area contributed by atoms with Crippen LogP contribution in [0.4, 0.5) is 4.39 Å². The Hall–Kier alpha value is -2.45. The van der Waals surface area contributed by atoms with E-state index in [2.05, 4.69) is 10.2 Å². The standard InChI is InChI=1S/C17H14ClFN4O2S/c1-11-20-21-17(23(11)15-8-6-14(19)7-9-15)26-16(10-22(24)25)12-2-4-13(18)5-3-12/h2-9,16H,10H2,1H3/t16-/m0/s1. The summed E-state index contributed by atoms with van der Waals surface area (Å²) < 4.78 is 14.9. The fraction of sp³-hybridized carbons (Fsp3) is 0.176. The second kappa shape index (κ2) is 7.84. The molecule has 26 heavy (non-hydrogen) atoms. The average molecular weight is 393 g/mol. The first kappa shape index (κ1) is 18.3. The van der Waals surface area contributed by atoms with Crippen LogP contribution in [0, 0.1) is 22.9 Å². The summed E-state index contributed by atoms with van der Waals surface area (Å²) in [7, 11) is 0. The van der Waals surface area contributed by atoms with Gasteiger partial charge in [-0.3, -0.25) is 14.7 Å². The van der Waals surface area contributed by atoms with Gasteiger partial charge < -0.3 is 0 Å². The molecular weight excluding hydrogens is 379 g/mol. The van der Waals surface area contributed by atoms with Crippen LogP contribution in [0.15, 0.2) is 53.7 Å². The fourth-order valence-corrected chi connectivity index (χ4v) is 3.76. The molecule has 134 valence electrons. The molecule has 6 nitrogen and oxygen atoms in total. The Labute approximate surface area is 158 Å². The van der Waals surface area contributed by atoms with E-state index in [-0.39, 0.29) is 17.3 Å². The van der Waals surface area contributed by atoms with Crippen molar-refractivity contribution in [3.63, 3.8) is 0 Å². The van der Waals surface area contributed by atoms with Crippen LogP contribution >= 0.6 is 23.4 Å². The lowest BCUT2D eigenvalue weighted by atomic mass is 10.1. The Morgan fingerprint density at radius 2 is 1.85 bits per heavy atom. The number of aromatic nitrogens is 3. The highest BCUT2D eigenvalue weighted by Crippen LogP contribution is 2.36. The van der Waals surface area contributed by atoms with Crippen molar-refractivity contribution in [2.24, 2.45) is 0 Å². The SMILES string of the molecule is Cc1nnc(S[C@@H](C[N+](=O)[O-])c2ccc(Cl)cc2)n1-c1ccc(F)cc1. The minimum Gasteiger partial charge on any atom is -0.274 e. The quantitative estimate of drug-likeness (QED) is 0.351. The van der Waals surface area contributed by atoms with Gasteiger partial charge in [0.2, 0.25) is 6.54 Å². The lowest BCUT2D eigenvalue weighted by molar-refractivity contribution is -0.479. The largest absolute Gasteiger partial charge is 0.274 e. The van der Waals surface area contributed by atoms with Gasteiger partial charge in [-0.25, -0.2) is 4.39 Å². The average Bonchev–Trinajstić information content (AvgIpc) is 2.96. The van der Waals surface area contributed by atoms with Crippen LogP contribution in [-0.4, -0.2) is 26.2 Å². The van der Waals surface area contributed by atoms with Crippen molar-refractivity contribution >= 4 is 23.4 Å². The fourth-order valence-electron chi connectivity index (χ4n) is 2.46. The predicted molar refractivity (Wildman–Crippen MR) is 98.0 cm³/mol. The van der Waals surface area contributed by atoms with Crippen LogP contribution in [0.5, 0.6) is 0 Å². The van der Waals surface area contributed by atoms with Crippen molar-refractivity contribution in [2.75, 3.05) is 6.54 Å². The number of thioether (sulfide) groups is 1. The number of hydrogen-bond acceptors (Lipinski definition) is 5. The van der Waals surface area contributed by atoms with Crippen molar-refractivity contribution in [1.82, 2.24) is 14.8 Å². The van der Waals surface area contributed by atoms with Crippen LogP contribution in [0.1, 0.15) is 16.6 Å². The molecule has 0 unspecified atom stereocenters. The molecule has 0 amide bonds. The van der Waals surface area contributed by atoms with E-state index in [0.29, 0.717) is 21.7 Å². The highest BCUT2D eigenvalue weighted by molar-refractivity contribution is 7.99. The van der Waals surface area contributed by atoms with Crippen LogP contribution in [0.3, 0.4) is 0 Å². The third-order valence-corrected chi connectivity index (χ3v) is 5.12. The maximum atomic E-state index is 13.2. The van der Waals surface area contributed by atoms with Gasteiger partial charge in [0.25, 0.3) is 0 Å². The first-order chi connectivity index (χ1) is 12.4. The lowest BCUT2D eigenvalue weighted by Crippen LogP contribution is -2.11. The van der Waals surface area contributed by atoms with Crippen molar-refractivity contribution in [3.05, 3.63) is 80.9 Å². The molecule has 0 saturated carbocycles. The van der Waals surface area contributed by atoms with Gasteiger partial charge in [-0.2, -0.15) is 0 Å². The Morgan fingerprint density at radius 3 is 2.46 bits per heavy atom. The molecule has 9 heteroatoms. The van der Waals surface area contributed by atoms with E-state index in [1.165, 1.54) is 23.9 Å². The summed E-state index contributed by atoms with van der Waals surface area (Å²) in [6, 6.07) is 12.8. The molecule has 0 radical (unpaired) electrons. The zero-order chi connectivity index (χ0) is 18.7. The molecule has 0 saturated heterocycles. The number of nitrogens with zero attached hydrogens (tertiary/aromatic N) is 4. The number of benzene rings is 2. The Balaban J connectivity index is 1.95. The summed E-state index contributed by atoms with van der Waals surface area (Å²) in [6.45, 7) is 1.49. The van der Waals surface area contributed by atoms with Crippen molar-refractivity contribution in [1.29, 1.82) is 0 Å². The molecule has 3 rings (SSSR count). The van der Waals surface area contributed by atoms with E-state index < -0.39 is 5.25 Å². The van der Waals surface area contributed by atoms with E-state index >= 15 is 0 Å². The predicted octanol–water partition coefficient (Wildman–Crippen LogP) is 4.48. The van der Waals surface area contributed by atoms with E-state index in [9.17, 15) is 14.5 Å². The topological polar surface area (TPSA) is 73.8 Å². The van der Waals surface area contributed by atoms with Crippen molar-refractivity contribution < 1.29 is 9.31 Å². The number of hydrogen-bond donors (Lipinski definition) is 0. The highest BCUT2D eigenvalue weighted by Gasteiger charge is 2.23. The summed E-state index contributed by atoms with van der Waals surface area (Å²) in [5.74, 6) is 0.260. The summed E-state index contributed by atoms with van der Waals surface area (Å²) in [5.41, 5.74) is 1.45. The normalized spacial score (nSPS) is 12.1. The van der Waals surface area contributed by atoms with Crippen LogP contribution in [-0.2, 0) is 0 Å². The second-order valence-electron chi connectivity index (χ2n) is 5.51. The molecule has 3 aromatic rings. The molecule has 1 atom stereocenters. The van der Waals surface area contributed by atoms with E-state index in [0.717, 1.165) is 5.56 Å². The molecule has 1 aromatic heterocycles. The van der Waals surface area contributed by atoms with Gasteiger partial charge in [0.15, 0.2) is 5.16 Å². The van der Waals surface area contributed by atoms with Gasteiger partial charge in [0.1, 0.15) is 16.9 Å². The first-order valence-electron chi connectivity index (χ1n) is 7.66. The number of rotatable bonds is 6. The van der Waals surface area contributed by atoms with Crippen LogP contribution in [0.25, 0.3) is 5.69 Å². The van der Waals surface area contributed by atoms with Crippen LogP contribution < -0.4 is 0 Å². The zero-order valence-corrected chi connectivity index (χ0v) is 15.2. The van der Waals surface area contributed by atoms with E-state index in [4.69, 9.17) is 11.6 Å². The number of nitro groups is 1. The monoisotopic (exact) mass is 392 g/mol. The molecule has 0 bridgehead atoms. The van der Waals surface area contributed by atoms with Gasteiger partial charge >= 0.3 is 0 Å². The van der Waals surface area contributed by atoms with Gasteiger partial charge in [-0.15, -0.1) is 10.2 Å². The van der Waals surface area contributed by atoms with Crippen LogP contribution in [0.2, 0.25) is 5.02 Å². The molecule has 0 aliphatic carbocycles. The van der Waals surface area contributed by atoms with Crippen molar-refractivity contribution in [3.8, 4) is 5.69 Å². The summed E-state index contributed by atoms with van der Waals surface area (Å²) in [5, 5.41) is 19.9. The summed E-state index contributed by atoms with van der Waals surface area (Å²) in [6.07, 6.45) is 0. The minimum atomic E-state index is -0.468. The molecule has 1 heterocycles. The summed E-state index contributed by atoms with van der Waals surface area (Å²) >= 11 is 7.14. The molecule has 0 aliphatic rings. The third-order valence-electron chi connectivity index (χ3n) is 3.68. The minimum absolute atomic E-state index is 0.276. The number of halogens is 2. The maximum absolute atomic E-state index is 13.2. The Kier molecular flexibility index (Phi) is 5.53. The first-order valence-corrected chi connectivity index (χ1v) is 8.91. The second-order valence-corrected chi connectivity index (χ2v) is 7.12. The molecule has 0 spiro atoms. The third kappa shape index (κ3) is 4.20. The lowest BCUT2D eigenvalue weighted by Gasteiger charge is -2.14. The highest BCUT2D eigenvalue weighted by atomic mass is 35.5. The van der Waals surface area contributed by atoms with Gasteiger partial charge in [0.05, 0.1) is 0 Å². The Morgan fingerprint density at radius 1 is 1.19 bits per heavy atom. The zero-order valence-electron chi connectivity index (χ0n) is 13.7. The van der Waals surface area contributed by atoms with E-state index in [1.54, 1.807) is 47.9 Å². The van der Waals surface area contributed by atoms with Crippen molar-refractivity contribution in [2.45, 2.75) is 17.3 Å². The maximum Gasteiger partial charge on any atom is 0.220 e. The Bertz CT molecular complexity index is 916. The molecule has 2 aromatic carbocycles. The smallest absolute Gasteiger partial charge is 0.220 e. The molecule has 0 N–H and O–H groups in total. The van der Waals surface area contributed by atoms with E-state index in [1.807, 2.05) is 0 Å². The number of aryl methyl sites for hydroxylation is 1.